The predicted molar refractivity (Wildman–Crippen MR) is 70.8 cm³/mol. The first kappa shape index (κ1) is 14.4. The zero-order chi connectivity index (χ0) is 14.0. The van der Waals surface area contributed by atoms with Crippen molar-refractivity contribution in [2.45, 2.75) is 31.5 Å². The van der Waals surface area contributed by atoms with E-state index in [9.17, 15) is 12.8 Å². The quantitative estimate of drug-likeness (QED) is 0.855. The Morgan fingerprint density at radius 2 is 2.16 bits per heavy atom. The van der Waals surface area contributed by atoms with Crippen molar-refractivity contribution < 1.29 is 12.8 Å². The monoisotopic (exact) mass is 286 g/mol. The van der Waals surface area contributed by atoms with Gasteiger partial charge < -0.3 is 0 Å². The number of rotatable bonds is 3. The lowest BCUT2D eigenvalue weighted by atomic mass is 9.86. The van der Waals surface area contributed by atoms with Crippen molar-refractivity contribution in [2.75, 3.05) is 13.1 Å². The third kappa shape index (κ3) is 2.95. The van der Waals surface area contributed by atoms with Gasteiger partial charge >= 0.3 is 0 Å². The fourth-order valence-corrected chi connectivity index (χ4v) is 3.89. The minimum Gasteiger partial charge on any atom is -0.246 e. The summed E-state index contributed by atoms with van der Waals surface area (Å²) in [5.41, 5.74) is 0. The van der Waals surface area contributed by atoms with Crippen LogP contribution < -0.4 is 0 Å². The molecule has 0 aliphatic carbocycles. The van der Waals surface area contributed by atoms with Crippen molar-refractivity contribution in [1.29, 1.82) is 0 Å². The molecule has 0 unspecified atom stereocenters. The molecule has 1 aliphatic rings. The molecule has 0 spiro atoms. The number of alkyl halides is 1. The fourth-order valence-electron chi connectivity index (χ4n) is 2.50. The van der Waals surface area contributed by atoms with Crippen LogP contribution in [-0.2, 0) is 10.0 Å². The van der Waals surface area contributed by atoms with Gasteiger partial charge in [0.1, 0.15) is 6.17 Å². The number of piperidine rings is 1. The van der Waals surface area contributed by atoms with Crippen molar-refractivity contribution in [3.8, 4) is 0 Å². The van der Waals surface area contributed by atoms with Gasteiger partial charge in [0.2, 0.25) is 0 Å². The molecular formula is C13H19FN2O2S. The molecule has 2 heterocycles. The average molecular weight is 286 g/mol. The number of aromatic nitrogens is 1. The minimum atomic E-state index is -3.66. The standard InChI is InChI=1S/C13H19FN2O2S/c1-10(2)11-6-8-16(9-12(11)14)19(17,18)13-5-3-4-7-15-13/h3-5,7,10-12H,6,8-9H2,1-2H3/t11-,12-/m0/s1. The van der Waals surface area contributed by atoms with Gasteiger partial charge in [-0.2, -0.15) is 4.31 Å². The van der Waals surface area contributed by atoms with Crippen LogP contribution in [0.1, 0.15) is 20.3 Å². The molecule has 1 aromatic heterocycles. The predicted octanol–water partition coefficient (Wildman–Crippen LogP) is 2.09. The molecule has 106 valence electrons. The summed E-state index contributed by atoms with van der Waals surface area (Å²) in [5, 5.41) is -0.00908. The van der Waals surface area contributed by atoms with Gasteiger partial charge in [0.05, 0.1) is 0 Å². The highest BCUT2D eigenvalue weighted by molar-refractivity contribution is 7.89. The zero-order valence-corrected chi connectivity index (χ0v) is 12.0. The average Bonchev–Trinajstić information content (AvgIpc) is 2.39. The molecule has 0 aromatic carbocycles. The largest absolute Gasteiger partial charge is 0.260 e. The number of pyridine rings is 1. The maximum Gasteiger partial charge on any atom is 0.260 e. The van der Waals surface area contributed by atoms with E-state index in [1.165, 1.54) is 16.6 Å². The van der Waals surface area contributed by atoms with Crippen molar-refractivity contribution in [2.24, 2.45) is 11.8 Å². The topological polar surface area (TPSA) is 50.3 Å². The molecule has 4 nitrogen and oxygen atoms in total. The van der Waals surface area contributed by atoms with Crippen LogP contribution in [0.25, 0.3) is 0 Å². The van der Waals surface area contributed by atoms with Gasteiger partial charge in [-0.25, -0.2) is 17.8 Å². The van der Waals surface area contributed by atoms with E-state index in [-0.39, 0.29) is 23.4 Å². The third-order valence-corrected chi connectivity index (χ3v) is 5.43. The van der Waals surface area contributed by atoms with Crippen LogP contribution >= 0.6 is 0 Å². The van der Waals surface area contributed by atoms with Crippen LogP contribution in [-0.4, -0.2) is 37.0 Å². The summed E-state index contributed by atoms with van der Waals surface area (Å²) >= 11 is 0. The first-order chi connectivity index (χ1) is 8.93. The smallest absolute Gasteiger partial charge is 0.246 e. The summed E-state index contributed by atoms with van der Waals surface area (Å²) in [5.74, 6) is 0.171. The van der Waals surface area contributed by atoms with Crippen LogP contribution in [0.4, 0.5) is 4.39 Å². The second kappa shape index (κ2) is 5.54. The van der Waals surface area contributed by atoms with Crippen molar-refractivity contribution >= 4 is 10.0 Å². The SMILES string of the molecule is CC(C)[C@@H]1CCN(S(=O)(=O)c2ccccn2)C[C@@H]1F. The lowest BCUT2D eigenvalue weighted by Gasteiger charge is -2.35. The number of hydrogen-bond donors (Lipinski definition) is 0. The molecule has 2 atom stereocenters. The number of sulfonamides is 1. The Balaban J connectivity index is 2.17. The van der Waals surface area contributed by atoms with E-state index < -0.39 is 16.2 Å². The van der Waals surface area contributed by atoms with E-state index >= 15 is 0 Å². The van der Waals surface area contributed by atoms with Crippen molar-refractivity contribution in [3.63, 3.8) is 0 Å². The molecule has 1 aromatic rings. The van der Waals surface area contributed by atoms with Crippen LogP contribution in [0.3, 0.4) is 0 Å². The molecule has 6 heteroatoms. The molecule has 2 rings (SSSR count). The van der Waals surface area contributed by atoms with Gasteiger partial charge in [0.15, 0.2) is 5.03 Å². The fraction of sp³-hybridized carbons (Fsp3) is 0.615. The molecule has 1 fully saturated rings. The number of halogens is 1. The Hall–Kier alpha value is -1.01. The van der Waals surface area contributed by atoms with Gasteiger partial charge in [0, 0.05) is 19.3 Å². The second-order valence-corrected chi connectivity index (χ2v) is 7.13. The van der Waals surface area contributed by atoms with Crippen LogP contribution in [0.5, 0.6) is 0 Å². The Kier molecular flexibility index (Phi) is 4.20. The van der Waals surface area contributed by atoms with E-state index in [1.54, 1.807) is 12.1 Å². The minimum absolute atomic E-state index is 0.00908. The molecule has 1 aliphatic heterocycles. The second-order valence-electron chi connectivity index (χ2n) is 5.24. The zero-order valence-electron chi connectivity index (χ0n) is 11.2. The summed E-state index contributed by atoms with van der Waals surface area (Å²) in [7, 11) is -3.66. The number of hydrogen-bond acceptors (Lipinski definition) is 3. The van der Waals surface area contributed by atoms with Gasteiger partial charge in [-0.1, -0.05) is 19.9 Å². The molecular weight excluding hydrogens is 267 g/mol. The lowest BCUT2D eigenvalue weighted by molar-refractivity contribution is 0.101. The molecule has 0 amide bonds. The number of nitrogens with zero attached hydrogens (tertiary/aromatic N) is 2. The van der Waals surface area contributed by atoms with E-state index in [4.69, 9.17) is 0 Å². The van der Waals surface area contributed by atoms with Gasteiger partial charge in [0.25, 0.3) is 10.0 Å². The maximum absolute atomic E-state index is 14.1. The molecule has 0 N–H and O–H groups in total. The normalized spacial score (nSPS) is 25.7. The van der Waals surface area contributed by atoms with Gasteiger partial charge in [-0.3, -0.25) is 0 Å². The van der Waals surface area contributed by atoms with Crippen LogP contribution in [0.15, 0.2) is 29.4 Å². The van der Waals surface area contributed by atoms with E-state index in [0.717, 1.165) is 0 Å². The Morgan fingerprint density at radius 3 is 2.68 bits per heavy atom. The molecule has 19 heavy (non-hydrogen) atoms. The molecule has 0 saturated carbocycles. The lowest BCUT2D eigenvalue weighted by Crippen LogP contribution is -2.46. The highest BCUT2D eigenvalue weighted by atomic mass is 32.2. The van der Waals surface area contributed by atoms with Gasteiger partial charge in [-0.05, 0) is 30.4 Å². The first-order valence-corrected chi connectivity index (χ1v) is 7.92. The third-order valence-electron chi connectivity index (χ3n) is 3.65. The van der Waals surface area contributed by atoms with E-state index in [0.29, 0.717) is 13.0 Å². The highest BCUT2D eigenvalue weighted by Crippen LogP contribution is 2.29. The Morgan fingerprint density at radius 1 is 1.42 bits per heavy atom. The van der Waals surface area contributed by atoms with Gasteiger partial charge in [-0.15, -0.1) is 0 Å². The Bertz CT molecular complexity index is 519. The first-order valence-electron chi connectivity index (χ1n) is 6.48. The summed E-state index contributed by atoms with van der Waals surface area (Å²) in [4.78, 5) is 3.85. The summed E-state index contributed by atoms with van der Waals surface area (Å²) in [6.07, 6.45) is 0.887. The van der Waals surface area contributed by atoms with Crippen molar-refractivity contribution in [3.05, 3.63) is 24.4 Å². The molecule has 0 radical (unpaired) electrons. The summed E-state index contributed by atoms with van der Waals surface area (Å²) < 4.78 is 39.9. The Labute approximate surface area is 113 Å². The summed E-state index contributed by atoms with van der Waals surface area (Å²) in [6.45, 7) is 4.24. The van der Waals surface area contributed by atoms with Crippen LogP contribution in [0, 0.1) is 11.8 Å². The van der Waals surface area contributed by atoms with E-state index in [1.807, 2.05) is 13.8 Å². The van der Waals surface area contributed by atoms with Crippen molar-refractivity contribution in [1.82, 2.24) is 9.29 Å². The molecule has 0 bridgehead atoms. The van der Waals surface area contributed by atoms with Crippen LogP contribution in [0.2, 0.25) is 0 Å². The highest BCUT2D eigenvalue weighted by Gasteiger charge is 2.37. The summed E-state index contributed by atoms with van der Waals surface area (Å²) in [6, 6.07) is 4.72. The maximum atomic E-state index is 14.1. The molecule has 1 saturated heterocycles. The van der Waals surface area contributed by atoms with E-state index in [2.05, 4.69) is 4.98 Å².